The van der Waals surface area contributed by atoms with Crippen LogP contribution in [0.15, 0.2) is 0 Å². The average Bonchev–Trinajstić information content (AvgIpc) is 2.48. The van der Waals surface area contributed by atoms with Crippen LogP contribution in [0.1, 0.15) is 33.1 Å². The molecule has 74 valence electrons. The summed E-state index contributed by atoms with van der Waals surface area (Å²) in [5.74, 6) is -0.289. The second kappa shape index (κ2) is 3.07. The standard InChI is InChI=1S/C10H16O3/c1-10(2)12-8-5-3-4-7(8)9(6-11)13-10/h6-9H,3-5H2,1-2H3/t7-,8+,9+/m0/s1. The number of carbonyl (C=O) groups excluding carboxylic acids is 1. The molecular formula is C10H16O3. The van der Waals surface area contributed by atoms with Crippen molar-refractivity contribution in [2.24, 2.45) is 5.92 Å². The molecule has 0 aromatic heterocycles. The number of hydrogen-bond acceptors (Lipinski definition) is 3. The topological polar surface area (TPSA) is 35.5 Å². The molecule has 0 spiro atoms. The Morgan fingerprint density at radius 2 is 2.08 bits per heavy atom. The first-order valence-electron chi connectivity index (χ1n) is 4.93. The molecule has 2 rings (SSSR count). The summed E-state index contributed by atoms with van der Waals surface area (Å²) in [5.41, 5.74) is 0. The second-order valence-corrected chi connectivity index (χ2v) is 4.37. The molecule has 3 nitrogen and oxygen atoms in total. The number of ether oxygens (including phenoxy) is 2. The molecule has 2 aliphatic rings. The lowest BCUT2D eigenvalue weighted by Crippen LogP contribution is -2.49. The maximum Gasteiger partial charge on any atom is 0.164 e. The van der Waals surface area contributed by atoms with Gasteiger partial charge in [-0.3, -0.25) is 0 Å². The Hall–Kier alpha value is -0.410. The van der Waals surface area contributed by atoms with Crippen molar-refractivity contribution in [3.63, 3.8) is 0 Å². The third-order valence-corrected chi connectivity index (χ3v) is 2.91. The first kappa shape index (κ1) is 9.16. The van der Waals surface area contributed by atoms with Gasteiger partial charge < -0.3 is 14.3 Å². The van der Waals surface area contributed by atoms with Crippen LogP contribution in [0.4, 0.5) is 0 Å². The van der Waals surface area contributed by atoms with Crippen LogP contribution in [-0.4, -0.2) is 24.3 Å². The Morgan fingerprint density at radius 1 is 1.31 bits per heavy atom. The summed E-state index contributed by atoms with van der Waals surface area (Å²) in [6.07, 6.45) is 4.19. The largest absolute Gasteiger partial charge is 0.347 e. The minimum atomic E-state index is -0.586. The van der Waals surface area contributed by atoms with Crippen LogP contribution in [0.5, 0.6) is 0 Å². The maximum absolute atomic E-state index is 10.8. The molecule has 0 aromatic rings. The molecule has 1 saturated heterocycles. The van der Waals surface area contributed by atoms with Gasteiger partial charge in [-0.25, -0.2) is 0 Å². The summed E-state index contributed by atoms with van der Waals surface area (Å²) in [5, 5.41) is 0. The highest BCUT2D eigenvalue weighted by Crippen LogP contribution is 2.39. The van der Waals surface area contributed by atoms with Crippen LogP contribution < -0.4 is 0 Å². The van der Waals surface area contributed by atoms with E-state index in [1.165, 1.54) is 0 Å². The van der Waals surface area contributed by atoms with Crippen molar-refractivity contribution < 1.29 is 14.3 Å². The summed E-state index contributed by atoms with van der Waals surface area (Å²) in [4.78, 5) is 10.8. The molecular weight excluding hydrogens is 168 g/mol. The summed E-state index contributed by atoms with van der Waals surface area (Å²) in [7, 11) is 0. The number of rotatable bonds is 1. The Labute approximate surface area is 78.4 Å². The van der Waals surface area contributed by atoms with Crippen LogP contribution in [0.2, 0.25) is 0 Å². The lowest BCUT2D eigenvalue weighted by Gasteiger charge is -2.41. The quantitative estimate of drug-likeness (QED) is 0.579. The highest BCUT2D eigenvalue weighted by Gasteiger charge is 2.45. The molecule has 2 fully saturated rings. The first-order valence-corrected chi connectivity index (χ1v) is 4.93. The summed E-state index contributed by atoms with van der Waals surface area (Å²) in [6.45, 7) is 3.75. The zero-order chi connectivity index (χ0) is 9.47. The van der Waals surface area contributed by atoms with Gasteiger partial charge in [-0.05, 0) is 26.7 Å². The molecule has 0 aromatic carbocycles. The van der Waals surface area contributed by atoms with E-state index in [9.17, 15) is 4.79 Å². The van der Waals surface area contributed by atoms with Crippen LogP contribution in [-0.2, 0) is 14.3 Å². The molecule has 0 amide bonds. The van der Waals surface area contributed by atoms with E-state index in [0.717, 1.165) is 25.5 Å². The first-order chi connectivity index (χ1) is 6.12. The van der Waals surface area contributed by atoms with Gasteiger partial charge in [0.25, 0.3) is 0 Å². The number of fused-ring (bicyclic) bond motifs is 1. The number of aldehydes is 1. The highest BCUT2D eigenvalue weighted by molar-refractivity contribution is 5.57. The zero-order valence-corrected chi connectivity index (χ0v) is 8.16. The Kier molecular flexibility index (Phi) is 2.16. The zero-order valence-electron chi connectivity index (χ0n) is 8.16. The smallest absolute Gasteiger partial charge is 0.164 e. The van der Waals surface area contributed by atoms with Crippen molar-refractivity contribution in [3.05, 3.63) is 0 Å². The van der Waals surface area contributed by atoms with Crippen LogP contribution >= 0.6 is 0 Å². The fourth-order valence-electron chi connectivity index (χ4n) is 2.41. The fourth-order valence-corrected chi connectivity index (χ4v) is 2.41. The molecule has 1 aliphatic heterocycles. The van der Waals surface area contributed by atoms with Crippen molar-refractivity contribution in [1.29, 1.82) is 0 Å². The molecule has 0 unspecified atom stereocenters. The van der Waals surface area contributed by atoms with E-state index >= 15 is 0 Å². The van der Waals surface area contributed by atoms with Crippen LogP contribution in [0, 0.1) is 5.92 Å². The minimum Gasteiger partial charge on any atom is -0.347 e. The number of hydrogen-bond donors (Lipinski definition) is 0. The third kappa shape index (κ3) is 1.63. The van der Waals surface area contributed by atoms with E-state index in [1.54, 1.807) is 0 Å². The molecule has 0 radical (unpaired) electrons. The SMILES string of the molecule is CC1(C)O[C@H](C=O)[C@H]2CCC[C@H]2O1. The van der Waals surface area contributed by atoms with Gasteiger partial charge >= 0.3 is 0 Å². The molecule has 0 N–H and O–H groups in total. The monoisotopic (exact) mass is 184 g/mol. The van der Waals surface area contributed by atoms with Crippen LogP contribution in [0.25, 0.3) is 0 Å². The summed E-state index contributed by atoms with van der Waals surface area (Å²) >= 11 is 0. The van der Waals surface area contributed by atoms with Gasteiger partial charge in [-0.2, -0.15) is 0 Å². The highest BCUT2D eigenvalue weighted by atomic mass is 16.7. The van der Waals surface area contributed by atoms with Gasteiger partial charge in [-0.1, -0.05) is 6.42 Å². The Morgan fingerprint density at radius 3 is 2.77 bits per heavy atom. The predicted octanol–water partition coefficient (Wildman–Crippen LogP) is 1.51. The molecule has 0 bridgehead atoms. The summed E-state index contributed by atoms with van der Waals surface area (Å²) < 4.78 is 11.3. The van der Waals surface area contributed by atoms with E-state index in [-0.39, 0.29) is 12.2 Å². The Bertz CT molecular complexity index is 212. The molecule has 1 heterocycles. The fraction of sp³-hybridized carbons (Fsp3) is 0.900. The van der Waals surface area contributed by atoms with E-state index in [1.807, 2.05) is 13.8 Å². The predicted molar refractivity (Wildman–Crippen MR) is 47.2 cm³/mol. The van der Waals surface area contributed by atoms with E-state index < -0.39 is 5.79 Å². The van der Waals surface area contributed by atoms with Crippen molar-refractivity contribution in [2.45, 2.75) is 51.1 Å². The average molecular weight is 184 g/mol. The minimum absolute atomic E-state index is 0.235. The van der Waals surface area contributed by atoms with E-state index in [4.69, 9.17) is 9.47 Å². The van der Waals surface area contributed by atoms with Gasteiger partial charge in [0.2, 0.25) is 0 Å². The van der Waals surface area contributed by atoms with Crippen molar-refractivity contribution >= 4 is 6.29 Å². The van der Waals surface area contributed by atoms with E-state index in [0.29, 0.717) is 5.92 Å². The summed E-state index contributed by atoms with van der Waals surface area (Å²) in [6, 6.07) is 0. The third-order valence-electron chi connectivity index (χ3n) is 2.91. The molecule has 1 saturated carbocycles. The normalized spacial score (nSPS) is 42.8. The lowest BCUT2D eigenvalue weighted by atomic mass is 9.97. The Balaban J connectivity index is 2.15. The molecule has 13 heavy (non-hydrogen) atoms. The van der Waals surface area contributed by atoms with Gasteiger partial charge in [0.05, 0.1) is 6.10 Å². The molecule has 3 heteroatoms. The molecule has 1 aliphatic carbocycles. The van der Waals surface area contributed by atoms with Gasteiger partial charge in [-0.15, -0.1) is 0 Å². The maximum atomic E-state index is 10.8. The van der Waals surface area contributed by atoms with Gasteiger partial charge in [0, 0.05) is 5.92 Å². The lowest BCUT2D eigenvalue weighted by molar-refractivity contribution is -0.305. The van der Waals surface area contributed by atoms with Crippen molar-refractivity contribution in [3.8, 4) is 0 Å². The van der Waals surface area contributed by atoms with Gasteiger partial charge in [0.15, 0.2) is 5.79 Å². The number of carbonyl (C=O) groups is 1. The van der Waals surface area contributed by atoms with Crippen molar-refractivity contribution in [1.82, 2.24) is 0 Å². The van der Waals surface area contributed by atoms with E-state index in [2.05, 4.69) is 0 Å². The second-order valence-electron chi connectivity index (χ2n) is 4.37. The van der Waals surface area contributed by atoms with Crippen molar-refractivity contribution in [2.75, 3.05) is 0 Å². The molecule has 3 atom stereocenters. The van der Waals surface area contributed by atoms with Crippen LogP contribution in [0.3, 0.4) is 0 Å². The van der Waals surface area contributed by atoms with Gasteiger partial charge in [0.1, 0.15) is 12.4 Å².